The maximum Gasteiger partial charge on any atom is 0.101 e. The molecule has 0 aromatic heterocycles. The van der Waals surface area contributed by atoms with E-state index in [9.17, 15) is 5.26 Å². The Morgan fingerprint density at radius 3 is 2.76 bits per heavy atom. The summed E-state index contributed by atoms with van der Waals surface area (Å²) in [5.74, 6) is 0. The molecule has 1 saturated carbocycles. The molecule has 17 heavy (non-hydrogen) atoms. The van der Waals surface area contributed by atoms with Gasteiger partial charge in [-0.15, -0.1) is 0 Å². The number of nitrogens with one attached hydrogen (secondary N) is 1. The smallest absolute Gasteiger partial charge is 0.101 e. The molecule has 1 aliphatic carbocycles. The van der Waals surface area contributed by atoms with Crippen LogP contribution in [0.3, 0.4) is 0 Å². The SMILES string of the molecule is CCN(c1ccc(CNC)cc1C#N)C1CC1. The minimum atomic E-state index is 0.655. The first kappa shape index (κ1) is 11.9. The minimum Gasteiger partial charge on any atom is -0.368 e. The van der Waals surface area contributed by atoms with Crippen LogP contribution in [0.25, 0.3) is 0 Å². The van der Waals surface area contributed by atoms with Crippen LogP contribution < -0.4 is 10.2 Å². The lowest BCUT2D eigenvalue weighted by Crippen LogP contribution is -2.26. The van der Waals surface area contributed by atoms with Crippen LogP contribution in [0.1, 0.15) is 30.9 Å². The van der Waals surface area contributed by atoms with Crippen molar-refractivity contribution in [3.63, 3.8) is 0 Å². The molecule has 0 spiro atoms. The zero-order valence-electron chi connectivity index (χ0n) is 10.5. The normalized spacial score (nSPS) is 14.4. The van der Waals surface area contributed by atoms with Crippen LogP contribution in [0.4, 0.5) is 5.69 Å². The maximum absolute atomic E-state index is 9.26. The molecular weight excluding hydrogens is 210 g/mol. The summed E-state index contributed by atoms with van der Waals surface area (Å²) in [6.45, 7) is 3.94. The van der Waals surface area contributed by atoms with Crippen LogP contribution in [0.5, 0.6) is 0 Å². The quantitative estimate of drug-likeness (QED) is 0.841. The highest BCUT2D eigenvalue weighted by atomic mass is 15.2. The van der Waals surface area contributed by atoms with Gasteiger partial charge in [0.25, 0.3) is 0 Å². The fourth-order valence-electron chi connectivity index (χ4n) is 2.25. The van der Waals surface area contributed by atoms with E-state index in [0.717, 1.165) is 24.3 Å². The third-order valence-corrected chi connectivity index (χ3v) is 3.20. The lowest BCUT2D eigenvalue weighted by Gasteiger charge is -2.24. The second-order valence-corrected chi connectivity index (χ2v) is 4.51. The van der Waals surface area contributed by atoms with Crippen molar-refractivity contribution in [3.05, 3.63) is 29.3 Å². The molecule has 0 radical (unpaired) electrons. The number of anilines is 1. The molecular formula is C14H19N3. The molecule has 0 unspecified atom stereocenters. The van der Waals surface area contributed by atoms with Crippen LogP contribution in [0.15, 0.2) is 18.2 Å². The molecule has 0 aliphatic heterocycles. The van der Waals surface area contributed by atoms with Crippen molar-refractivity contribution in [2.45, 2.75) is 32.4 Å². The molecule has 1 aromatic carbocycles. The van der Waals surface area contributed by atoms with Crippen molar-refractivity contribution in [2.24, 2.45) is 0 Å². The molecule has 3 heteroatoms. The van der Waals surface area contributed by atoms with Crippen LogP contribution in [-0.4, -0.2) is 19.6 Å². The van der Waals surface area contributed by atoms with Crippen molar-refractivity contribution in [1.29, 1.82) is 5.26 Å². The number of nitriles is 1. The van der Waals surface area contributed by atoms with Gasteiger partial charge in [0, 0.05) is 19.1 Å². The highest BCUT2D eigenvalue weighted by molar-refractivity contribution is 5.61. The summed E-state index contributed by atoms with van der Waals surface area (Å²) < 4.78 is 0. The molecule has 1 N–H and O–H groups in total. The lowest BCUT2D eigenvalue weighted by molar-refractivity contribution is 0.809. The number of rotatable bonds is 5. The van der Waals surface area contributed by atoms with Crippen molar-refractivity contribution < 1.29 is 0 Å². The van der Waals surface area contributed by atoms with Gasteiger partial charge in [-0.2, -0.15) is 5.26 Å². The summed E-state index contributed by atoms with van der Waals surface area (Å²) >= 11 is 0. The fourth-order valence-corrected chi connectivity index (χ4v) is 2.25. The van der Waals surface area contributed by atoms with Gasteiger partial charge in [-0.25, -0.2) is 0 Å². The molecule has 1 aromatic rings. The third-order valence-electron chi connectivity index (χ3n) is 3.20. The Bertz CT molecular complexity index is 430. The van der Waals surface area contributed by atoms with E-state index >= 15 is 0 Å². The molecule has 0 amide bonds. The predicted octanol–water partition coefficient (Wildman–Crippen LogP) is 2.27. The summed E-state index contributed by atoms with van der Waals surface area (Å²) in [7, 11) is 1.92. The molecule has 3 nitrogen and oxygen atoms in total. The Balaban J connectivity index is 2.30. The summed E-state index contributed by atoms with van der Waals surface area (Å²) in [5, 5.41) is 12.4. The van der Waals surface area contributed by atoms with E-state index in [-0.39, 0.29) is 0 Å². The minimum absolute atomic E-state index is 0.655. The summed E-state index contributed by atoms with van der Waals surface area (Å²) in [6.07, 6.45) is 2.52. The van der Waals surface area contributed by atoms with Gasteiger partial charge < -0.3 is 10.2 Å². The first-order valence-corrected chi connectivity index (χ1v) is 6.24. The zero-order valence-corrected chi connectivity index (χ0v) is 10.5. The van der Waals surface area contributed by atoms with Crippen LogP contribution in [-0.2, 0) is 6.54 Å². The van der Waals surface area contributed by atoms with Gasteiger partial charge in [-0.1, -0.05) is 6.07 Å². The van der Waals surface area contributed by atoms with Crippen molar-refractivity contribution >= 4 is 5.69 Å². The molecule has 90 valence electrons. The Morgan fingerprint density at radius 1 is 1.47 bits per heavy atom. The standard InChI is InChI=1S/C14H19N3/c1-3-17(13-5-6-13)14-7-4-11(10-16-2)8-12(14)9-15/h4,7-8,13,16H,3,5-6,10H2,1-2H3. The van der Waals surface area contributed by atoms with Crippen molar-refractivity contribution in [3.8, 4) is 6.07 Å². The fraction of sp³-hybridized carbons (Fsp3) is 0.500. The van der Waals surface area contributed by atoms with E-state index in [1.165, 1.54) is 18.4 Å². The second-order valence-electron chi connectivity index (χ2n) is 4.51. The van der Waals surface area contributed by atoms with Crippen molar-refractivity contribution in [1.82, 2.24) is 5.32 Å². The summed E-state index contributed by atoms with van der Waals surface area (Å²) in [5.41, 5.74) is 3.06. The van der Waals surface area contributed by atoms with Crippen molar-refractivity contribution in [2.75, 3.05) is 18.5 Å². The maximum atomic E-state index is 9.26. The zero-order chi connectivity index (χ0) is 12.3. The van der Waals surface area contributed by atoms with Crippen LogP contribution in [0.2, 0.25) is 0 Å². The van der Waals surface area contributed by atoms with Gasteiger partial charge in [0.15, 0.2) is 0 Å². The average molecular weight is 229 g/mol. The van der Waals surface area contributed by atoms with E-state index in [4.69, 9.17) is 0 Å². The number of nitrogens with zero attached hydrogens (tertiary/aromatic N) is 2. The van der Waals surface area contributed by atoms with E-state index in [0.29, 0.717) is 6.04 Å². The number of hydrogen-bond acceptors (Lipinski definition) is 3. The molecule has 0 atom stereocenters. The van der Waals surface area contributed by atoms with Gasteiger partial charge in [-0.3, -0.25) is 0 Å². The van der Waals surface area contributed by atoms with Gasteiger partial charge in [-0.05, 0) is 44.5 Å². The topological polar surface area (TPSA) is 39.1 Å². The highest BCUT2D eigenvalue weighted by Gasteiger charge is 2.29. The number of benzene rings is 1. The summed E-state index contributed by atoms with van der Waals surface area (Å²) in [6, 6.07) is 9.17. The Labute approximate surface area is 103 Å². The average Bonchev–Trinajstić information content (AvgIpc) is 3.16. The molecule has 0 heterocycles. The Hall–Kier alpha value is -1.53. The monoisotopic (exact) mass is 229 g/mol. The molecule has 1 fully saturated rings. The molecule has 0 saturated heterocycles. The van der Waals surface area contributed by atoms with E-state index in [2.05, 4.69) is 35.3 Å². The Morgan fingerprint density at radius 2 is 2.24 bits per heavy atom. The largest absolute Gasteiger partial charge is 0.368 e. The summed E-state index contributed by atoms with van der Waals surface area (Å²) in [4.78, 5) is 2.35. The predicted molar refractivity (Wildman–Crippen MR) is 70.0 cm³/mol. The third kappa shape index (κ3) is 2.59. The molecule has 1 aliphatic rings. The van der Waals surface area contributed by atoms with Crippen LogP contribution in [0, 0.1) is 11.3 Å². The highest BCUT2D eigenvalue weighted by Crippen LogP contribution is 2.33. The van der Waals surface area contributed by atoms with E-state index in [1.807, 2.05) is 13.1 Å². The van der Waals surface area contributed by atoms with E-state index < -0.39 is 0 Å². The number of hydrogen-bond donors (Lipinski definition) is 1. The molecule has 2 rings (SSSR count). The van der Waals surface area contributed by atoms with Gasteiger partial charge >= 0.3 is 0 Å². The first-order chi connectivity index (χ1) is 8.30. The van der Waals surface area contributed by atoms with E-state index in [1.54, 1.807) is 0 Å². The molecule has 0 bridgehead atoms. The first-order valence-electron chi connectivity index (χ1n) is 6.24. The van der Waals surface area contributed by atoms with Gasteiger partial charge in [0.05, 0.1) is 11.3 Å². The van der Waals surface area contributed by atoms with Gasteiger partial charge in [0.1, 0.15) is 6.07 Å². The van der Waals surface area contributed by atoms with Gasteiger partial charge in [0.2, 0.25) is 0 Å². The second kappa shape index (κ2) is 5.20. The lowest BCUT2D eigenvalue weighted by atomic mass is 10.1. The Kier molecular flexibility index (Phi) is 3.65. The van der Waals surface area contributed by atoms with Crippen LogP contribution >= 0.6 is 0 Å².